The van der Waals surface area contributed by atoms with Gasteiger partial charge in [-0.25, -0.2) is 4.39 Å². The van der Waals surface area contributed by atoms with Crippen LogP contribution in [-0.4, -0.2) is 59.1 Å². The van der Waals surface area contributed by atoms with E-state index >= 15 is 4.39 Å². The van der Waals surface area contributed by atoms with Gasteiger partial charge in [0.15, 0.2) is 0 Å². The highest BCUT2D eigenvalue weighted by Gasteiger charge is 2.35. The third kappa shape index (κ3) is 6.64. The lowest BCUT2D eigenvalue weighted by atomic mass is 9.74. The number of halogens is 2. The van der Waals surface area contributed by atoms with Gasteiger partial charge in [0.25, 0.3) is 0 Å². The number of alkyl halides is 1. The van der Waals surface area contributed by atoms with E-state index in [2.05, 4.69) is 20.9 Å². The third-order valence-electron chi connectivity index (χ3n) is 7.08. The number of aromatic nitrogens is 2. The van der Waals surface area contributed by atoms with Crippen LogP contribution in [0.25, 0.3) is 10.9 Å². The number of aliphatic hydroxyl groups is 1. The molecule has 35 heavy (non-hydrogen) atoms. The van der Waals surface area contributed by atoms with Crippen LogP contribution in [0, 0.1) is 5.41 Å². The Bertz CT molecular complexity index is 1100. The highest BCUT2D eigenvalue weighted by Crippen LogP contribution is 2.42. The van der Waals surface area contributed by atoms with Gasteiger partial charge in [-0.2, -0.15) is 0 Å². The lowest BCUT2D eigenvalue weighted by Crippen LogP contribution is -2.42. The molecule has 0 bridgehead atoms. The van der Waals surface area contributed by atoms with Crippen molar-refractivity contribution in [2.45, 2.75) is 43.2 Å². The van der Waals surface area contributed by atoms with Crippen LogP contribution in [0.15, 0.2) is 53.8 Å². The molecule has 0 radical (unpaired) electrons. The van der Waals surface area contributed by atoms with Crippen LogP contribution in [-0.2, 0) is 0 Å². The zero-order chi connectivity index (χ0) is 24.7. The third-order valence-corrected chi connectivity index (χ3v) is 8.45. The van der Waals surface area contributed by atoms with E-state index in [1.165, 1.54) is 11.1 Å². The monoisotopic (exact) mass is 517 g/mol. The summed E-state index contributed by atoms with van der Waals surface area (Å²) in [6.07, 6.45) is 7.79. The number of nitrogens with zero attached hydrogens (tertiary/aromatic N) is 3. The average Bonchev–Trinajstić information content (AvgIpc) is 2.90. The first-order chi connectivity index (χ1) is 17.0. The van der Waals surface area contributed by atoms with Crippen LogP contribution in [0.4, 0.5) is 4.39 Å². The number of pyridine rings is 2. The molecule has 1 N–H and O–H groups in total. The number of ether oxygens (including phenoxy) is 1. The van der Waals surface area contributed by atoms with Crippen molar-refractivity contribution in [2.75, 3.05) is 39.1 Å². The average molecular weight is 518 g/mol. The van der Waals surface area contributed by atoms with Crippen LogP contribution >= 0.6 is 23.4 Å². The molecule has 2 aromatic heterocycles. The molecule has 188 valence electrons. The Hall–Kier alpha value is -1.93. The van der Waals surface area contributed by atoms with Crippen LogP contribution in [0.3, 0.4) is 0 Å². The molecule has 0 spiro atoms. The molecule has 4 rings (SSSR count). The molecule has 1 unspecified atom stereocenters. The van der Waals surface area contributed by atoms with Crippen molar-refractivity contribution in [3.8, 4) is 5.75 Å². The van der Waals surface area contributed by atoms with Gasteiger partial charge < -0.3 is 14.7 Å². The quantitative estimate of drug-likeness (QED) is 0.236. The lowest BCUT2D eigenvalue weighted by molar-refractivity contribution is 0.0304. The summed E-state index contributed by atoms with van der Waals surface area (Å²) in [5.41, 5.74) is 0.921. The second kappa shape index (κ2) is 12.3. The zero-order valence-electron chi connectivity index (χ0n) is 20.1. The Morgan fingerprint density at radius 1 is 1.26 bits per heavy atom. The number of rotatable bonds is 11. The van der Waals surface area contributed by atoms with Crippen molar-refractivity contribution in [2.24, 2.45) is 5.41 Å². The number of hydrogen-bond donors (Lipinski definition) is 1. The number of benzene rings is 1. The molecular formula is C27H33ClFN3O2S. The van der Waals surface area contributed by atoms with Gasteiger partial charge in [0, 0.05) is 41.0 Å². The Kier molecular flexibility index (Phi) is 9.22. The summed E-state index contributed by atoms with van der Waals surface area (Å²) in [4.78, 5) is 12.2. The number of fused-ring (bicyclic) bond motifs is 1. The highest BCUT2D eigenvalue weighted by molar-refractivity contribution is 7.99. The molecule has 3 aromatic rings. The molecule has 1 saturated heterocycles. The fourth-order valence-electron chi connectivity index (χ4n) is 4.84. The number of piperidine rings is 1. The predicted molar refractivity (Wildman–Crippen MR) is 141 cm³/mol. The fraction of sp³-hybridized carbons (Fsp3) is 0.481. The molecule has 3 heterocycles. The summed E-state index contributed by atoms with van der Waals surface area (Å²) in [5.74, 6) is 1.70. The smallest absolute Gasteiger partial charge is 0.127 e. The number of hydrogen-bond acceptors (Lipinski definition) is 6. The summed E-state index contributed by atoms with van der Waals surface area (Å²) in [6.45, 7) is 3.00. The van der Waals surface area contributed by atoms with E-state index in [9.17, 15) is 5.11 Å². The first-order valence-electron chi connectivity index (χ1n) is 12.2. The van der Waals surface area contributed by atoms with Crippen LogP contribution in [0.1, 0.15) is 43.8 Å². The van der Waals surface area contributed by atoms with E-state index in [-0.39, 0.29) is 12.0 Å². The van der Waals surface area contributed by atoms with Gasteiger partial charge in [0.2, 0.25) is 0 Å². The van der Waals surface area contributed by atoms with Crippen molar-refractivity contribution >= 4 is 34.3 Å². The lowest BCUT2D eigenvalue weighted by Gasteiger charge is -2.41. The molecule has 1 aliphatic heterocycles. The minimum Gasteiger partial charge on any atom is -0.497 e. The second-order valence-electron chi connectivity index (χ2n) is 9.30. The largest absolute Gasteiger partial charge is 0.497 e. The van der Waals surface area contributed by atoms with Crippen molar-refractivity contribution in [3.05, 3.63) is 59.5 Å². The van der Waals surface area contributed by atoms with Crippen LogP contribution in [0.5, 0.6) is 5.75 Å². The van der Waals surface area contributed by atoms with Crippen molar-refractivity contribution in [1.29, 1.82) is 0 Å². The topological polar surface area (TPSA) is 58.5 Å². The number of thioether (sulfide) groups is 1. The van der Waals surface area contributed by atoms with Crippen molar-refractivity contribution < 1.29 is 14.2 Å². The summed E-state index contributed by atoms with van der Waals surface area (Å²) in [7, 11) is 1.59. The molecule has 0 saturated carbocycles. The number of likely N-dealkylation sites (tertiary alicyclic amines) is 1. The maximum absolute atomic E-state index is 15.6. The minimum absolute atomic E-state index is 0.0864. The zero-order valence-corrected chi connectivity index (χ0v) is 21.7. The summed E-state index contributed by atoms with van der Waals surface area (Å²) >= 11 is 8.23. The summed E-state index contributed by atoms with van der Waals surface area (Å²) < 4.78 is 20.9. The van der Waals surface area contributed by atoms with Crippen molar-refractivity contribution in [3.63, 3.8) is 0 Å². The highest BCUT2D eigenvalue weighted by atomic mass is 35.5. The van der Waals surface area contributed by atoms with Crippen LogP contribution in [0.2, 0.25) is 5.02 Å². The van der Waals surface area contributed by atoms with E-state index in [4.69, 9.17) is 16.3 Å². The Balaban J connectivity index is 1.30. The molecule has 0 amide bonds. The number of methoxy groups -OCH3 is 1. The maximum Gasteiger partial charge on any atom is 0.127 e. The standard InChI is InChI=1S/C27H33ClFN3O2S/c1-34-20-5-6-25-22(16-20)26(23(28)18-31-25)24(29)7-8-27(19-33)9-13-32(14-10-27)12-3-15-35-21-4-2-11-30-17-21/h2,4-6,11,16-18,24,33H,3,7-10,12-15,19H2,1H3. The first kappa shape index (κ1) is 26.1. The molecular weight excluding hydrogens is 485 g/mol. The molecule has 5 nitrogen and oxygen atoms in total. The van der Waals surface area contributed by atoms with Gasteiger partial charge in [0.05, 0.1) is 17.6 Å². The van der Waals surface area contributed by atoms with Gasteiger partial charge in [-0.1, -0.05) is 11.6 Å². The van der Waals surface area contributed by atoms with Crippen molar-refractivity contribution in [1.82, 2.24) is 14.9 Å². The fourth-order valence-corrected chi connectivity index (χ4v) is 5.93. The summed E-state index contributed by atoms with van der Waals surface area (Å²) in [6, 6.07) is 9.48. The second-order valence-corrected chi connectivity index (χ2v) is 10.9. The first-order valence-corrected chi connectivity index (χ1v) is 13.5. The molecule has 8 heteroatoms. The van der Waals surface area contributed by atoms with E-state index < -0.39 is 6.17 Å². The van der Waals surface area contributed by atoms with E-state index in [0.29, 0.717) is 40.1 Å². The van der Waals surface area contributed by atoms with E-state index in [1.807, 2.05) is 36.2 Å². The minimum atomic E-state index is -1.23. The molecule has 1 fully saturated rings. The molecule has 1 atom stereocenters. The van der Waals surface area contributed by atoms with Gasteiger partial charge >= 0.3 is 0 Å². The summed E-state index contributed by atoms with van der Waals surface area (Å²) in [5, 5.41) is 11.3. The van der Waals surface area contributed by atoms with Gasteiger partial charge in [-0.15, -0.1) is 11.8 Å². The Morgan fingerprint density at radius 2 is 2.09 bits per heavy atom. The van der Waals surface area contributed by atoms with Gasteiger partial charge in [-0.3, -0.25) is 9.97 Å². The van der Waals surface area contributed by atoms with E-state index in [0.717, 1.165) is 44.6 Å². The van der Waals surface area contributed by atoms with E-state index in [1.54, 1.807) is 19.4 Å². The number of aliphatic hydroxyl groups excluding tert-OH is 1. The van der Waals surface area contributed by atoms with Gasteiger partial charge in [0.1, 0.15) is 11.9 Å². The predicted octanol–water partition coefficient (Wildman–Crippen LogP) is 6.34. The normalized spacial score (nSPS) is 16.9. The van der Waals surface area contributed by atoms with Crippen LogP contribution < -0.4 is 4.74 Å². The maximum atomic E-state index is 15.6. The molecule has 1 aliphatic rings. The molecule has 1 aromatic carbocycles. The molecule has 0 aliphatic carbocycles. The SMILES string of the molecule is COc1ccc2ncc(Cl)c(C(F)CCC3(CO)CCN(CCCSc4cccnc4)CC3)c2c1. The van der Waals surface area contributed by atoms with Gasteiger partial charge in [-0.05, 0) is 93.2 Å². The Labute approximate surface area is 216 Å². The Morgan fingerprint density at radius 3 is 2.80 bits per heavy atom.